The number of nitriles is 1. The lowest BCUT2D eigenvalue weighted by Gasteiger charge is -2.31. The zero-order chi connectivity index (χ0) is 22.2. The summed E-state index contributed by atoms with van der Waals surface area (Å²) in [5.41, 5.74) is 0.397. The van der Waals surface area contributed by atoms with Crippen LogP contribution in [0.4, 0.5) is 5.69 Å². The second-order valence-electron chi connectivity index (χ2n) is 7.08. The van der Waals surface area contributed by atoms with E-state index in [0.29, 0.717) is 30.4 Å². The second-order valence-corrected chi connectivity index (χ2v) is 7.52. The molecule has 0 unspecified atom stereocenters. The van der Waals surface area contributed by atoms with E-state index in [2.05, 4.69) is 10.6 Å². The monoisotopic (exact) mass is 440 g/mol. The van der Waals surface area contributed by atoms with Crippen molar-refractivity contribution in [2.45, 2.75) is 12.8 Å². The standard InChI is InChI=1S/C22H21ClN4O4/c23-17-4-3-16(13-24)19(12-17)26-22(30)21(29)25-14-15-7-9-27(10-8-15)20(28)6-5-18-2-1-11-31-18/h1-6,11-12,15H,7-10,14H2,(H,25,29)(H,26,30)/b6-5+. The molecule has 8 nitrogen and oxygen atoms in total. The third kappa shape index (κ3) is 6.20. The highest BCUT2D eigenvalue weighted by Crippen LogP contribution is 2.20. The predicted octanol–water partition coefficient (Wildman–Crippen LogP) is 2.81. The van der Waals surface area contributed by atoms with Crippen molar-refractivity contribution in [3.05, 3.63) is 59.0 Å². The Labute approximate surface area is 184 Å². The van der Waals surface area contributed by atoms with Crippen LogP contribution >= 0.6 is 11.6 Å². The number of nitrogens with zero attached hydrogens (tertiary/aromatic N) is 2. The Morgan fingerprint density at radius 3 is 2.68 bits per heavy atom. The van der Waals surface area contributed by atoms with Crippen LogP contribution in [0.5, 0.6) is 0 Å². The summed E-state index contributed by atoms with van der Waals surface area (Å²) in [5.74, 6) is -0.967. The van der Waals surface area contributed by atoms with Crippen molar-refractivity contribution in [1.29, 1.82) is 5.26 Å². The molecule has 0 radical (unpaired) electrons. The molecule has 1 aromatic heterocycles. The Morgan fingerprint density at radius 2 is 2.00 bits per heavy atom. The molecular formula is C22H21ClN4O4. The SMILES string of the molecule is N#Cc1ccc(Cl)cc1NC(=O)C(=O)NCC1CCN(C(=O)/C=C/c2ccco2)CC1. The van der Waals surface area contributed by atoms with Crippen LogP contribution in [0, 0.1) is 17.2 Å². The zero-order valence-corrected chi connectivity index (χ0v) is 17.4. The van der Waals surface area contributed by atoms with E-state index >= 15 is 0 Å². The van der Waals surface area contributed by atoms with Crippen molar-refractivity contribution in [3.63, 3.8) is 0 Å². The fraction of sp³-hybridized carbons (Fsp3) is 0.273. The van der Waals surface area contributed by atoms with Crippen molar-refractivity contribution in [3.8, 4) is 6.07 Å². The molecule has 3 amide bonds. The number of hydrogen-bond acceptors (Lipinski definition) is 5. The number of benzene rings is 1. The van der Waals surface area contributed by atoms with E-state index in [-0.39, 0.29) is 23.1 Å². The van der Waals surface area contributed by atoms with Crippen LogP contribution in [0.15, 0.2) is 47.1 Å². The minimum atomic E-state index is -0.866. The topological polar surface area (TPSA) is 115 Å². The molecule has 2 heterocycles. The number of amides is 3. The van der Waals surface area contributed by atoms with Gasteiger partial charge in [-0.15, -0.1) is 0 Å². The van der Waals surface area contributed by atoms with Crippen LogP contribution in [-0.4, -0.2) is 42.3 Å². The average Bonchev–Trinajstić information content (AvgIpc) is 3.30. The third-order valence-corrected chi connectivity index (χ3v) is 5.20. The molecule has 160 valence electrons. The van der Waals surface area contributed by atoms with Gasteiger partial charge in [0.25, 0.3) is 0 Å². The lowest BCUT2D eigenvalue weighted by Crippen LogP contribution is -2.43. The van der Waals surface area contributed by atoms with Gasteiger partial charge < -0.3 is 20.0 Å². The first kappa shape index (κ1) is 22.1. The van der Waals surface area contributed by atoms with Crippen LogP contribution in [-0.2, 0) is 14.4 Å². The minimum Gasteiger partial charge on any atom is -0.465 e. The number of carbonyl (C=O) groups is 3. The van der Waals surface area contributed by atoms with Gasteiger partial charge >= 0.3 is 11.8 Å². The maximum absolute atomic E-state index is 12.2. The Bertz CT molecular complexity index is 1020. The summed E-state index contributed by atoms with van der Waals surface area (Å²) in [4.78, 5) is 38.2. The van der Waals surface area contributed by atoms with E-state index in [1.165, 1.54) is 24.3 Å². The van der Waals surface area contributed by atoms with Gasteiger partial charge in [-0.25, -0.2) is 0 Å². The molecule has 2 N–H and O–H groups in total. The van der Waals surface area contributed by atoms with Gasteiger partial charge in [0, 0.05) is 30.7 Å². The highest BCUT2D eigenvalue weighted by Gasteiger charge is 2.23. The molecule has 1 aliphatic heterocycles. The number of hydrogen-bond donors (Lipinski definition) is 2. The molecular weight excluding hydrogens is 420 g/mol. The first-order valence-electron chi connectivity index (χ1n) is 9.75. The summed E-state index contributed by atoms with van der Waals surface area (Å²) in [5, 5.41) is 14.5. The number of halogens is 1. The molecule has 1 aromatic carbocycles. The highest BCUT2D eigenvalue weighted by atomic mass is 35.5. The van der Waals surface area contributed by atoms with Gasteiger partial charge in [0.15, 0.2) is 0 Å². The van der Waals surface area contributed by atoms with E-state index in [1.807, 2.05) is 6.07 Å². The maximum atomic E-state index is 12.2. The Balaban J connectivity index is 1.42. The highest BCUT2D eigenvalue weighted by molar-refractivity contribution is 6.40. The van der Waals surface area contributed by atoms with E-state index < -0.39 is 11.8 Å². The maximum Gasteiger partial charge on any atom is 0.313 e. The van der Waals surface area contributed by atoms with E-state index in [0.717, 1.165) is 12.8 Å². The second kappa shape index (κ2) is 10.5. The first-order valence-corrected chi connectivity index (χ1v) is 10.1. The van der Waals surface area contributed by atoms with Gasteiger partial charge in [0.05, 0.1) is 17.5 Å². The number of rotatable bonds is 5. The van der Waals surface area contributed by atoms with Crippen molar-refractivity contribution >= 4 is 41.1 Å². The third-order valence-electron chi connectivity index (χ3n) is 4.97. The largest absolute Gasteiger partial charge is 0.465 e. The molecule has 1 aliphatic rings. The van der Waals surface area contributed by atoms with Gasteiger partial charge in [-0.05, 0) is 55.2 Å². The lowest BCUT2D eigenvalue weighted by atomic mass is 9.96. The minimum absolute atomic E-state index is 0.0897. The Kier molecular flexibility index (Phi) is 7.46. The number of carbonyl (C=O) groups excluding carboxylic acids is 3. The number of likely N-dealkylation sites (tertiary alicyclic amines) is 1. The zero-order valence-electron chi connectivity index (χ0n) is 16.6. The Hall–Kier alpha value is -3.57. The first-order chi connectivity index (χ1) is 15.0. The molecule has 31 heavy (non-hydrogen) atoms. The summed E-state index contributed by atoms with van der Waals surface area (Å²) >= 11 is 5.88. The van der Waals surface area contributed by atoms with Crippen molar-refractivity contribution in [1.82, 2.24) is 10.2 Å². The van der Waals surface area contributed by atoms with Gasteiger partial charge in [0.2, 0.25) is 5.91 Å². The van der Waals surface area contributed by atoms with Crippen molar-refractivity contribution in [2.75, 3.05) is 25.0 Å². The van der Waals surface area contributed by atoms with Gasteiger partial charge in [-0.1, -0.05) is 11.6 Å². The smallest absolute Gasteiger partial charge is 0.313 e. The van der Waals surface area contributed by atoms with Gasteiger partial charge in [0.1, 0.15) is 11.8 Å². The van der Waals surface area contributed by atoms with Crippen LogP contribution in [0.2, 0.25) is 5.02 Å². The van der Waals surface area contributed by atoms with Crippen LogP contribution in [0.1, 0.15) is 24.2 Å². The fourth-order valence-corrected chi connectivity index (χ4v) is 3.39. The lowest BCUT2D eigenvalue weighted by molar-refractivity contribution is -0.136. The molecule has 0 atom stereocenters. The molecule has 9 heteroatoms. The summed E-state index contributed by atoms with van der Waals surface area (Å²) in [6.07, 6.45) is 6.09. The predicted molar refractivity (Wildman–Crippen MR) is 115 cm³/mol. The number of piperidine rings is 1. The van der Waals surface area contributed by atoms with Crippen LogP contribution in [0.3, 0.4) is 0 Å². The number of anilines is 1. The van der Waals surface area contributed by atoms with Gasteiger partial charge in [-0.3, -0.25) is 14.4 Å². The molecule has 1 fully saturated rings. The molecule has 1 saturated heterocycles. The summed E-state index contributed by atoms with van der Waals surface area (Å²) < 4.78 is 5.17. The summed E-state index contributed by atoms with van der Waals surface area (Å²) in [7, 11) is 0. The van der Waals surface area contributed by atoms with Crippen molar-refractivity contribution in [2.24, 2.45) is 5.92 Å². The number of nitrogens with one attached hydrogen (secondary N) is 2. The average molecular weight is 441 g/mol. The molecule has 0 aliphatic carbocycles. The van der Waals surface area contributed by atoms with Crippen LogP contribution in [0.25, 0.3) is 6.08 Å². The molecule has 2 aromatic rings. The van der Waals surface area contributed by atoms with Gasteiger partial charge in [-0.2, -0.15) is 5.26 Å². The number of furan rings is 1. The molecule has 0 saturated carbocycles. The van der Waals surface area contributed by atoms with E-state index in [9.17, 15) is 14.4 Å². The normalized spacial score (nSPS) is 14.3. The molecule has 0 spiro atoms. The molecule has 0 bridgehead atoms. The van der Waals surface area contributed by atoms with E-state index in [4.69, 9.17) is 21.3 Å². The summed E-state index contributed by atoms with van der Waals surface area (Å²) in [6, 6.07) is 9.86. The quantitative estimate of drug-likeness (QED) is 0.548. The van der Waals surface area contributed by atoms with E-state index in [1.54, 1.807) is 29.4 Å². The van der Waals surface area contributed by atoms with Crippen molar-refractivity contribution < 1.29 is 18.8 Å². The van der Waals surface area contributed by atoms with Crippen LogP contribution < -0.4 is 10.6 Å². The fourth-order valence-electron chi connectivity index (χ4n) is 3.22. The Morgan fingerprint density at radius 1 is 1.23 bits per heavy atom. The summed E-state index contributed by atoms with van der Waals surface area (Å²) in [6.45, 7) is 1.47. The molecule has 3 rings (SSSR count).